The van der Waals surface area contributed by atoms with Crippen molar-refractivity contribution < 1.29 is 63.2 Å². The van der Waals surface area contributed by atoms with Crippen LogP contribution in [0, 0.1) is 0 Å². The van der Waals surface area contributed by atoms with Crippen molar-refractivity contribution in [2.24, 2.45) is 16.5 Å². The first kappa shape index (κ1) is 37.6. The van der Waals surface area contributed by atoms with Crippen LogP contribution < -0.4 is 45.7 Å². The van der Waals surface area contributed by atoms with Crippen LogP contribution in [0.2, 0.25) is 0 Å². The molecule has 8 N–H and O–H groups in total. The van der Waals surface area contributed by atoms with Crippen LogP contribution in [0.4, 0.5) is 0 Å². The molecule has 57 heavy (non-hydrogen) atoms. The van der Waals surface area contributed by atoms with Gasteiger partial charge in [-0.3, -0.25) is 14.6 Å². The first-order valence-electron chi connectivity index (χ1n) is 19.2. The van der Waals surface area contributed by atoms with Gasteiger partial charge in [0.2, 0.25) is 12.0 Å². The van der Waals surface area contributed by atoms with Crippen LogP contribution in [0.3, 0.4) is 0 Å². The summed E-state index contributed by atoms with van der Waals surface area (Å²) >= 11 is 0. The molecule has 1 saturated carbocycles. The van der Waals surface area contributed by atoms with Crippen molar-refractivity contribution in [3.8, 4) is 28.7 Å². The summed E-state index contributed by atoms with van der Waals surface area (Å²) in [7, 11) is 3.17. The zero-order valence-corrected chi connectivity index (χ0v) is 31.4. The summed E-state index contributed by atoms with van der Waals surface area (Å²) in [4.78, 5) is 28.5. The summed E-state index contributed by atoms with van der Waals surface area (Å²) in [5, 5.41) is 46.1. The number of methoxy groups -OCH3 is 2. The van der Waals surface area contributed by atoms with E-state index in [2.05, 4.69) is 0 Å². The molecule has 9 rings (SSSR count). The maximum atomic E-state index is 12.4. The molecule has 5 aliphatic heterocycles. The molecule has 2 fully saturated rings. The third-order valence-electron chi connectivity index (χ3n) is 12.5. The van der Waals surface area contributed by atoms with E-state index in [0.29, 0.717) is 40.9 Å². The lowest BCUT2D eigenvalue weighted by atomic mass is 9.72. The molecule has 8 unspecified atom stereocenters. The monoisotopic (exact) mass is 787 g/mol. The maximum Gasteiger partial charge on any atom is 0.317 e. The standard InChI is InChI=1S/C41H45N3O13/c1-51-23-10-9-20-30-34(55-32(20)33(23)52-2)29-25(57-40(30)12-5-6-13-40)15-24-19(28(29)21-17-44-22-8-4-3-7-18(21)22)11-14-41(50)37(49)31(48)35(56-39(41)53-24)36(38(42)43)54-27(47)16-26(45)46/h3-4,7-10,15,30-31,34-39,48-50H,5-6,11-14,16-17,42-43H2,1-2H3,(H,45,46). The highest BCUT2D eigenvalue weighted by Gasteiger charge is 2.61. The van der Waals surface area contributed by atoms with Gasteiger partial charge in [-0.1, -0.05) is 24.3 Å². The molecule has 302 valence electrons. The minimum Gasteiger partial charge on any atom is -0.493 e. The van der Waals surface area contributed by atoms with Crippen LogP contribution in [0.1, 0.15) is 72.8 Å². The van der Waals surface area contributed by atoms with Crippen molar-refractivity contribution in [3.63, 3.8) is 0 Å². The fourth-order valence-electron chi connectivity index (χ4n) is 9.93. The quantitative estimate of drug-likeness (QED) is 0.104. The number of fused-ring (bicyclic) bond motifs is 9. The number of aliphatic hydroxyl groups excluding tert-OH is 2. The SMILES string of the molecule is COc1ccc2c(c1OC)OC1c3c(cc4c(c3C3=c5ccccc5=NC3)CCC3(O)C(O4)OC(C(OC(=O)CC(=O)O)C(N)N)C(O)C3O)OC3(CCCC3)C21. The van der Waals surface area contributed by atoms with E-state index in [1.54, 1.807) is 20.3 Å². The molecule has 0 aromatic heterocycles. The number of hydrogen-bond acceptors (Lipinski definition) is 15. The molecule has 5 heterocycles. The molecule has 1 aliphatic carbocycles. The van der Waals surface area contributed by atoms with Crippen LogP contribution in [0.25, 0.3) is 5.57 Å². The predicted molar refractivity (Wildman–Crippen MR) is 197 cm³/mol. The molecule has 8 atom stereocenters. The van der Waals surface area contributed by atoms with Gasteiger partial charge in [0, 0.05) is 28.0 Å². The molecule has 0 bridgehead atoms. The van der Waals surface area contributed by atoms with Gasteiger partial charge in [0.05, 0.1) is 38.2 Å². The lowest BCUT2D eigenvalue weighted by Crippen LogP contribution is -2.71. The Balaban J connectivity index is 1.21. The molecule has 0 amide bonds. The number of ether oxygens (including phenoxy) is 7. The number of nitrogens with zero attached hydrogens (tertiary/aromatic N) is 1. The average Bonchev–Trinajstić information content (AvgIpc) is 3.91. The summed E-state index contributed by atoms with van der Waals surface area (Å²) < 4.78 is 43.9. The Kier molecular flexibility index (Phi) is 9.14. The number of carboxylic acid groups (broad SMARTS) is 1. The lowest BCUT2D eigenvalue weighted by molar-refractivity contribution is -0.329. The lowest BCUT2D eigenvalue weighted by Gasteiger charge is -2.49. The van der Waals surface area contributed by atoms with Crippen molar-refractivity contribution >= 4 is 17.5 Å². The Morgan fingerprint density at radius 2 is 1.79 bits per heavy atom. The second kappa shape index (κ2) is 13.9. The highest BCUT2D eigenvalue weighted by Crippen LogP contribution is 2.65. The summed E-state index contributed by atoms with van der Waals surface area (Å²) in [6, 6.07) is 13.5. The van der Waals surface area contributed by atoms with Gasteiger partial charge in [0.25, 0.3) is 0 Å². The zero-order valence-electron chi connectivity index (χ0n) is 31.4. The van der Waals surface area contributed by atoms with E-state index in [9.17, 15) is 24.9 Å². The molecule has 16 heteroatoms. The highest BCUT2D eigenvalue weighted by atomic mass is 16.7. The summed E-state index contributed by atoms with van der Waals surface area (Å²) in [6.45, 7) is 0.334. The minimum absolute atomic E-state index is 0.142. The average molecular weight is 788 g/mol. The van der Waals surface area contributed by atoms with E-state index in [4.69, 9.17) is 54.7 Å². The maximum absolute atomic E-state index is 12.4. The van der Waals surface area contributed by atoms with Crippen molar-refractivity contribution in [1.29, 1.82) is 0 Å². The molecule has 3 aromatic carbocycles. The third-order valence-corrected chi connectivity index (χ3v) is 12.5. The van der Waals surface area contributed by atoms with Gasteiger partial charge in [0.15, 0.2) is 23.2 Å². The van der Waals surface area contributed by atoms with Crippen molar-refractivity contribution in [2.75, 3.05) is 20.8 Å². The molecular formula is C41H45N3O13. The first-order chi connectivity index (χ1) is 27.4. The number of aliphatic carboxylic acids is 1. The van der Waals surface area contributed by atoms with E-state index in [0.717, 1.165) is 58.5 Å². The van der Waals surface area contributed by atoms with Gasteiger partial charge in [-0.25, -0.2) is 0 Å². The van der Waals surface area contributed by atoms with Gasteiger partial charge in [-0.05, 0) is 61.8 Å². The third kappa shape index (κ3) is 5.75. The number of para-hydroxylation sites is 1. The topological polar surface area (TPSA) is 244 Å². The Morgan fingerprint density at radius 1 is 1.02 bits per heavy atom. The fraction of sp³-hybridized carbons (Fsp3) is 0.488. The van der Waals surface area contributed by atoms with Crippen molar-refractivity contribution in [1.82, 2.24) is 0 Å². The van der Waals surface area contributed by atoms with E-state index in [1.807, 2.05) is 36.4 Å². The number of benzene rings is 3. The van der Waals surface area contributed by atoms with Gasteiger partial charge in [-0.2, -0.15) is 0 Å². The summed E-state index contributed by atoms with van der Waals surface area (Å²) in [6.07, 6.45) is -8.23. The van der Waals surface area contributed by atoms with Crippen molar-refractivity contribution in [3.05, 3.63) is 75.3 Å². The second-order valence-corrected chi connectivity index (χ2v) is 15.6. The minimum atomic E-state index is -2.19. The molecule has 1 spiro atoms. The number of carbonyl (C=O) groups excluding carboxylic acids is 1. The Morgan fingerprint density at radius 3 is 2.51 bits per heavy atom. The highest BCUT2D eigenvalue weighted by molar-refractivity contribution is 5.90. The van der Waals surface area contributed by atoms with Crippen LogP contribution in [-0.4, -0.2) is 101 Å². The van der Waals surface area contributed by atoms with Crippen LogP contribution >= 0.6 is 0 Å². The Labute approximate surface area is 326 Å². The molecule has 16 nitrogen and oxygen atoms in total. The number of carboxylic acids is 1. The smallest absolute Gasteiger partial charge is 0.317 e. The van der Waals surface area contributed by atoms with E-state index >= 15 is 0 Å². The van der Waals surface area contributed by atoms with Gasteiger partial charge in [0.1, 0.15) is 47.9 Å². The fourth-order valence-corrected chi connectivity index (χ4v) is 9.93. The first-order valence-corrected chi connectivity index (χ1v) is 19.2. The largest absolute Gasteiger partial charge is 0.493 e. The zero-order chi connectivity index (χ0) is 40.0. The van der Waals surface area contributed by atoms with E-state index in [-0.39, 0.29) is 18.8 Å². The molecular weight excluding hydrogens is 742 g/mol. The molecule has 1 saturated heterocycles. The van der Waals surface area contributed by atoms with E-state index < -0.39 is 72.5 Å². The number of hydrogen-bond donors (Lipinski definition) is 6. The van der Waals surface area contributed by atoms with E-state index in [1.165, 1.54) is 0 Å². The van der Waals surface area contributed by atoms with Gasteiger partial charge >= 0.3 is 11.9 Å². The van der Waals surface area contributed by atoms with Crippen LogP contribution in [-0.2, 0) is 25.5 Å². The second-order valence-electron chi connectivity index (χ2n) is 15.6. The molecule has 0 radical (unpaired) electrons. The van der Waals surface area contributed by atoms with Crippen LogP contribution in [0.15, 0.2) is 47.5 Å². The number of nitrogens with two attached hydrogens (primary N) is 2. The van der Waals surface area contributed by atoms with Crippen molar-refractivity contribution in [2.45, 2.75) is 105 Å². The Hall–Kier alpha value is -4.97. The number of carbonyl (C=O) groups is 2. The van der Waals surface area contributed by atoms with Gasteiger partial charge < -0.3 is 65.1 Å². The molecule has 6 aliphatic rings. The van der Waals surface area contributed by atoms with Gasteiger partial charge in [-0.15, -0.1) is 0 Å². The number of rotatable bonds is 8. The molecule has 3 aromatic rings. The number of esters is 1. The predicted octanol–water partition coefficient (Wildman–Crippen LogP) is 0.591. The van der Waals surface area contributed by atoms with Crippen LogP contribution in [0.5, 0.6) is 28.7 Å². The summed E-state index contributed by atoms with van der Waals surface area (Å²) in [5.41, 5.74) is 13.2. The Bertz CT molecular complexity index is 2280. The normalized spacial score (nSPS) is 29.2. The summed E-state index contributed by atoms with van der Waals surface area (Å²) in [5.74, 6) is -0.439. The number of aliphatic hydroxyl groups is 3.